The van der Waals surface area contributed by atoms with Gasteiger partial charge >= 0.3 is 0 Å². The Kier molecular flexibility index (Phi) is 4.68. The van der Waals surface area contributed by atoms with Crippen molar-refractivity contribution in [1.29, 1.82) is 0 Å². The molecule has 0 unspecified atom stereocenters. The first-order valence-corrected chi connectivity index (χ1v) is 7.32. The molecule has 0 saturated heterocycles. The third-order valence-electron chi connectivity index (χ3n) is 4.27. The molecule has 0 aromatic carbocycles. The molecular formula is C16H32O. The van der Waals surface area contributed by atoms with Crippen LogP contribution in [0.25, 0.3) is 0 Å². The van der Waals surface area contributed by atoms with E-state index >= 15 is 0 Å². The standard InChI is InChI=1S/C16H32O/c1-12(2)13-8-10-14(11-9-13)16(6,7)17-15(3,4)5/h12-14H,8-11H2,1-7H3. The van der Waals surface area contributed by atoms with E-state index in [1.54, 1.807) is 0 Å². The van der Waals surface area contributed by atoms with Crippen LogP contribution in [-0.4, -0.2) is 11.2 Å². The molecule has 1 heteroatoms. The first kappa shape index (κ1) is 15.0. The van der Waals surface area contributed by atoms with Gasteiger partial charge < -0.3 is 4.74 Å². The fraction of sp³-hybridized carbons (Fsp3) is 1.00. The summed E-state index contributed by atoms with van der Waals surface area (Å²) in [7, 11) is 0. The monoisotopic (exact) mass is 240 g/mol. The fourth-order valence-corrected chi connectivity index (χ4v) is 3.35. The van der Waals surface area contributed by atoms with E-state index in [4.69, 9.17) is 4.74 Å². The van der Waals surface area contributed by atoms with Crippen molar-refractivity contribution < 1.29 is 4.74 Å². The Hall–Kier alpha value is -0.0400. The smallest absolute Gasteiger partial charge is 0.0661 e. The minimum Gasteiger partial charge on any atom is -0.370 e. The van der Waals surface area contributed by atoms with E-state index in [-0.39, 0.29) is 11.2 Å². The van der Waals surface area contributed by atoms with Crippen molar-refractivity contribution in [3.8, 4) is 0 Å². The number of rotatable bonds is 3. The second-order valence-electron chi connectivity index (χ2n) is 7.67. The molecule has 0 bridgehead atoms. The Balaban J connectivity index is 2.52. The van der Waals surface area contributed by atoms with Gasteiger partial charge in [-0.15, -0.1) is 0 Å². The van der Waals surface area contributed by atoms with Crippen molar-refractivity contribution in [3.05, 3.63) is 0 Å². The topological polar surface area (TPSA) is 9.23 Å². The van der Waals surface area contributed by atoms with Gasteiger partial charge in [-0.25, -0.2) is 0 Å². The SMILES string of the molecule is CC(C)C1CCC(C(C)(C)OC(C)(C)C)CC1. The van der Waals surface area contributed by atoms with Gasteiger partial charge in [0.25, 0.3) is 0 Å². The summed E-state index contributed by atoms with van der Waals surface area (Å²) in [4.78, 5) is 0. The zero-order valence-corrected chi connectivity index (χ0v) is 13.0. The summed E-state index contributed by atoms with van der Waals surface area (Å²) in [5.41, 5.74) is -0.00139. The molecule has 1 nitrogen and oxygen atoms in total. The first-order valence-electron chi connectivity index (χ1n) is 7.32. The van der Waals surface area contributed by atoms with Crippen molar-refractivity contribution in [2.24, 2.45) is 17.8 Å². The highest BCUT2D eigenvalue weighted by Crippen LogP contribution is 2.40. The van der Waals surface area contributed by atoms with Crippen LogP contribution < -0.4 is 0 Å². The van der Waals surface area contributed by atoms with Crippen LogP contribution in [0.3, 0.4) is 0 Å². The van der Waals surface area contributed by atoms with Gasteiger partial charge in [0.05, 0.1) is 11.2 Å². The van der Waals surface area contributed by atoms with E-state index in [9.17, 15) is 0 Å². The van der Waals surface area contributed by atoms with Gasteiger partial charge in [0.15, 0.2) is 0 Å². The second kappa shape index (κ2) is 5.30. The van der Waals surface area contributed by atoms with Crippen molar-refractivity contribution in [3.63, 3.8) is 0 Å². The Morgan fingerprint density at radius 3 is 1.71 bits per heavy atom. The van der Waals surface area contributed by atoms with Gasteiger partial charge in [0.2, 0.25) is 0 Å². The molecule has 0 heterocycles. The Labute approximate surface area is 108 Å². The highest BCUT2D eigenvalue weighted by molar-refractivity contribution is 4.87. The maximum absolute atomic E-state index is 6.26. The van der Waals surface area contributed by atoms with Crippen molar-refractivity contribution in [1.82, 2.24) is 0 Å². The van der Waals surface area contributed by atoms with Crippen molar-refractivity contribution in [2.45, 2.75) is 85.4 Å². The van der Waals surface area contributed by atoms with Crippen LogP contribution in [0.4, 0.5) is 0 Å². The minimum atomic E-state index is -0.0294. The molecule has 0 amide bonds. The van der Waals surface area contributed by atoms with E-state index in [1.807, 2.05) is 0 Å². The molecule has 1 fully saturated rings. The quantitative estimate of drug-likeness (QED) is 0.671. The van der Waals surface area contributed by atoms with Crippen LogP contribution >= 0.6 is 0 Å². The summed E-state index contributed by atoms with van der Waals surface area (Å²) < 4.78 is 6.26. The van der Waals surface area contributed by atoms with E-state index in [0.29, 0.717) is 0 Å². The largest absolute Gasteiger partial charge is 0.370 e. The molecule has 0 aromatic rings. The van der Waals surface area contributed by atoms with E-state index < -0.39 is 0 Å². The number of ether oxygens (including phenoxy) is 1. The second-order valence-corrected chi connectivity index (χ2v) is 7.67. The molecule has 0 aliphatic heterocycles. The molecule has 1 aliphatic carbocycles. The summed E-state index contributed by atoms with van der Waals surface area (Å²) in [6.07, 6.45) is 5.45. The van der Waals surface area contributed by atoms with E-state index in [0.717, 1.165) is 17.8 Å². The molecule has 1 saturated carbocycles. The van der Waals surface area contributed by atoms with Crippen LogP contribution in [-0.2, 0) is 4.74 Å². The Morgan fingerprint density at radius 1 is 0.882 bits per heavy atom. The predicted octanol–water partition coefficient (Wildman–Crippen LogP) is 5.04. The Morgan fingerprint density at radius 2 is 1.35 bits per heavy atom. The van der Waals surface area contributed by atoms with Gasteiger partial charge in [-0.2, -0.15) is 0 Å². The number of hydrogen-bond acceptors (Lipinski definition) is 1. The average Bonchev–Trinajstić information content (AvgIpc) is 2.14. The van der Waals surface area contributed by atoms with Crippen LogP contribution in [0.5, 0.6) is 0 Å². The lowest BCUT2D eigenvalue weighted by molar-refractivity contribution is -0.149. The third-order valence-corrected chi connectivity index (χ3v) is 4.27. The minimum absolute atomic E-state index is 0.0280. The van der Waals surface area contributed by atoms with E-state index in [1.165, 1.54) is 25.7 Å². The zero-order chi connectivity index (χ0) is 13.3. The molecule has 0 radical (unpaired) electrons. The normalized spacial score (nSPS) is 27.5. The summed E-state index contributed by atoms with van der Waals surface area (Å²) in [5, 5.41) is 0. The summed E-state index contributed by atoms with van der Waals surface area (Å²) in [6, 6.07) is 0. The summed E-state index contributed by atoms with van der Waals surface area (Å²) in [5.74, 6) is 2.52. The first-order chi connectivity index (χ1) is 7.62. The van der Waals surface area contributed by atoms with Gasteiger partial charge in [0.1, 0.15) is 0 Å². The molecule has 0 aromatic heterocycles. The molecule has 102 valence electrons. The Bertz CT molecular complexity index is 226. The number of hydrogen-bond donors (Lipinski definition) is 0. The lowest BCUT2D eigenvalue weighted by atomic mass is 9.71. The van der Waals surface area contributed by atoms with Gasteiger partial charge in [0, 0.05) is 0 Å². The summed E-state index contributed by atoms with van der Waals surface area (Å²) >= 11 is 0. The molecule has 1 rings (SSSR count). The highest BCUT2D eigenvalue weighted by atomic mass is 16.5. The third kappa shape index (κ3) is 4.62. The van der Waals surface area contributed by atoms with Crippen molar-refractivity contribution >= 4 is 0 Å². The van der Waals surface area contributed by atoms with Crippen LogP contribution in [0.1, 0.15) is 74.1 Å². The lowest BCUT2D eigenvalue weighted by Gasteiger charge is -2.43. The average molecular weight is 240 g/mol. The maximum atomic E-state index is 6.26. The predicted molar refractivity (Wildman–Crippen MR) is 75.2 cm³/mol. The van der Waals surface area contributed by atoms with Gasteiger partial charge in [-0.05, 0) is 78.1 Å². The molecule has 0 spiro atoms. The summed E-state index contributed by atoms with van der Waals surface area (Å²) in [6.45, 7) is 15.8. The fourth-order valence-electron chi connectivity index (χ4n) is 3.35. The molecule has 1 aliphatic rings. The van der Waals surface area contributed by atoms with Gasteiger partial charge in [-0.1, -0.05) is 13.8 Å². The van der Waals surface area contributed by atoms with Crippen LogP contribution in [0.2, 0.25) is 0 Å². The van der Waals surface area contributed by atoms with Crippen LogP contribution in [0.15, 0.2) is 0 Å². The zero-order valence-electron chi connectivity index (χ0n) is 13.0. The highest BCUT2D eigenvalue weighted by Gasteiger charge is 2.37. The van der Waals surface area contributed by atoms with Gasteiger partial charge in [-0.3, -0.25) is 0 Å². The maximum Gasteiger partial charge on any atom is 0.0661 e. The lowest BCUT2D eigenvalue weighted by Crippen LogP contribution is -2.42. The molecule has 0 atom stereocenters. The van der Waals surface area contributed by atoms with Crippen molar-refractivity contribution in [2.75, 3.05) is 0 Å². The molecule has 17 heavy (non-hydrogen) atoms. The molecular weight excluding hydrogens is 208 g/mol. The van der Waals surface area contributed by atoms with E-state index in [2.05, 4.69) is 48.5 Å². The molecule has 0 N–H and O–H groups in total. The van der Waals surface area contributed by atoms with Crippen LogP contribution in [0, 0.1) is 17.8 Å².